The van der Waals surface area contributed by atoms with E-state index < -0.39 is 5.60 Å². The molecule has 1 fully saturated rings. The zero-order valence-corrected chi connectivity index (χ0v) is 12.7. The lowest BCUT2D eigenvalue weighted by atomic mass is 10.0. The summed E-state index contributed by atoms with van der Waals surface area (Å²) in [6.07, 6.45) is 0.272. The van der Waals surface area contributed by atoms with Gasteiger partial charge in [-0.1, -0.05) is 0 Å². The first kappa shape index (κ1) is 14.9. The van der Waals surface area contributed by atoms with E-state index in [1.165, 1.54) is 11.3 Å². The van der Waals surface area contributed by atoms with Gasteiger partial charge in [-0.25, -0.2) is 4.98 Å². The van der Waals surface area contributed by atoms with E-state index in [1.807, 2.05) is 12.3 Å². The molecule has 0 aromatic carbocycles. The monoisotopic (exact) mass is 297 g/mol. The molecule has 20 heavy (non-hydrogen) atoms. The molecule has 1 aromatic heterocycles. The molecule has 1 aromatic rings. The van der Waals surface area contributed by atoms with Gasteiger partial charge < -0.3 is 15.0 Å². The van der Waals surface area contributed by atoms with Gasteiger partial charge in [0.1, 0.15) is 0 Å². The van der Waals surface area contributed by atoms with Gasteiger partial charge in [0.2, 0.25) is 5.91 Å². The van der Waals surface area contributed by atoms with Crippen LogP contribution in [0.15, 0.2) is 5.38 Å². The molecular formula is C13H19N3O3S. The highest BCUT2D eigenvalue weighted by Gasteiger charge is 2.40. The topological polar surface area (TPSA) is 71.5 Å². The molecule has 1 aliphatic heterocycles. The Labute approximate surface area is 122 Å². The summed E-state index contributed by atoms with van der Waals surface area (Å²) in [7, 11) is 1.57. The summed E-state index contributed by atoms with van der Waals surface area (Å²) in [5.74, 6) is -0.228. The van der Waals surface area contributed by atoms with E-state index in [0.29, 0.717) is 13.2 Å². The van der Waals surface area contributed by atoms with Gasteiger partial charge in [-0.3, -0.25) is 9.59 Å². The van der Waals surface area contributed by atoms with E-state index in [-0.39, 0.29) is 24.8 Å². The Morgan fingerprint density at radius 2 is 2.35 bits per heavy atom. The molecule has 1 N–H and O–H groups in total. The fourth-order valence-corrected chi connectivity index (χ4v) is 2.85. The molecule has 6 nitrogen and oxygen atoms in total. The molecule has 0 saturated carbocycles. The van der Waals surface area contributed by atoms with Crippen molar-refractivity contribution in [3.8, 4) is 0 Å². The molecule has 0 radical (unpaired) electrons. The van der Waals surface area contributed by atoms with Crippen LogP contribution < -0.4 is 5.32 Å². The first-order valence-electron chi connectivity index (χ1n) is 6.49. The summed E-state index contributed by atoms with van der Waals surface area (Å²) in [6, 6.07) is 0. The van der Waals surface area contributed by atoms with Crippen molar-refractivity contribution in [1.82, 2.24) is 15.2 Å². The van der Waals surface area contributed by atoms with Crippen molar-refractivity contribution >= 4 is 23.2 Å². The Morgan fingerprint density at radius 3 is 2.95 bits per heavy atom. The van der Waals surface area contributed by atoms with E-state index >= 15 is 0 Å². The second-order valence-electron chi connectivity index (χ2n) is 5.01. The number of carbonyl (C=O) groups excluding carboxylic acids is 2. The van der Waals surface area contributed by atoms with Crippen molar-refractivity contribution in [3.63, 3.8) is 0 Å². The summed E-state index contributed by atoms with van der Waals surface area (Å²) in [5.41, 5.74) is -0.189. The number of aryl methyl sites for hydroxylation is 1. The summed E-state index contributed by atoms with van der Waals surface area (Å²) < 4.78 is 5.53. The highest BCUT2D eigenvalue weighted by molar-refractivity contribution is 7.09. The first-order valence-corrected chi connectivity index (χ1v) is 7.37. The van der Waals surface area contributed by atoms with Crippen molar-refractivity contribution in [2.75, 3.05) is 26.7 Å². The Kier molecular flexibility index (Phi) is 4.39. The number of rotatable bonds is 3. The van der Waals surface area contributed by atoms with E-state index in [2.05, 4.69) is 10.3 Å². The number of aromatic nitrogens is 1. The van der Waals surface area contributed by atoms with Crippen LogP contribution in [0.25, 0.3) is 0 Å². The lowest BCUT2D eigenvalue weighted by Crippen LogP contribution is -2.59. The van der Waals surface area contributed by atoms with Crippen molar-refractivity contribution in [2.24, 2.45) is 0 Å². The molecule has 110 valence electrons. The second kappa shape index (κ2) is 5.88. The van der Waals surface area contributed by atoms with Crippen LogP contribution >= 0.6 is 11.3 Å². The van der Waals surface area contributed by atoms with Crippen LogP contribution in [0.1, 0.15) is 17.6 Å². The molecule has 2 amide bonds. The van der Waals surface area contributed by atoms with Crippen LogP contribution in [0.5, 0.6) is 0 Å². The highest BCUT2D eigenvalue weighted by atomic mass is 32.1. The molecule has 1 atom stereocenters. The van der Waals surface area contributed by atoms with Gasteiger partial charge in [-0.2, -0.15) is 0 Å². The van der Waals surface area contributed by atoms with Crippen molar-refractivity contribution in [2.45, 2.75) is 25.9 Å². The lowest BCUT2D eigenvalue weighted by Gasteiger charge is -2.39. The van der Waals surface area contributed by atoms with Crippen LogP contribution in [0.3, 0.4) is 0 Å². The number of amides is 2. The largest absolute Gasteiger partial charge is 0.362 e. The average Bonchev–Trinajstić information content (AvgIpc) is 2.83. The Hall–Kier alpha value is -1.47. The number of nitrogens with zero attached hydrogens (tertiary/aromatic N) is 2. The summed E-state index contributed by atoms with van der Waals surface area (Å²) in [4.78, 5) is 30.1. The zero-order valence-electron chi connectivity index (χ0n) is 11.9. The number of morpholine rings is 1. The summed E-state index contributed by atoms with van der Waals surface area (Å²) in [5, 5.41) is 5.42. The van der Waals surface area contributed by atoms with E-state index in [1.54, 1.807) is 18.9 Å². The van der Waals surface area contributed by atoms with Gasteiger partial charge in [-0.05, 0) is 13.8 Å². The number of hydrogen-bond donors (Lipinski definition) is 1. The average molecular weight is 297 g/mol. The van der Waals surface area contributed by atoms with Gasteiger partial charge in [0, 0.05) is 19.0 Å². The minimum atomic E-state index is -0.972. The molecule has 2 rings (SSSR count). The Balaban J connectivity index is 2.01. The minimum Gasteiger partial charge on any atom is -0.362 e. The molecule has 0 spiro atoms. The lowest BCUT2D eigenvalue weighted by molar-refractivity contribution is -0.162. The molecule has 1 saturated heterocycles. The molecule has 0 unspecified atom stereocenters. The van der Waals surface area contributed by atoms with E-state index in [4.69, 9.17) is 4.74 Å². The molecule has 0 aliphatic carbocycles. The maximum Gasteiger partial charge on any atom is 0.253 e. The summed E-state index contributed by atoms with van der Waals surface area (Å²) >= 11 is 1.53. The van der Waals surface area contributed by atoms with Gasteiger partial charge in [0.15, 0.2) is 5.60 Å². The molecule has 7 heteroatoms. The first-order chi connectivity index (χ1) is 9.44. The number of likely N-dealkylation sites (N-methyl/N-ethyl adjacent to an activating group) is 1. The number of carbonyl (C=O) groups is 2. The van der Waals surface area contributed by atoms with Gasteiger partial charge in [0.25, 0.3) is 5.91 Å². The van der Waals surface area contributed by atoms with Crippen LogP contribution in [-0.4, -0.2) is 54.0 Å². The quantitative estimate of drug-likeness (QED) is 0.874. The number of nitrogens with one attached hydrogen (secondary N) is 1. The predicted molar refractivity (Wildman–Crippen MR) is 75.6 cm³/mol. The highest BCUT2D eigenvalue weighted by Crippen LogP contribution is 2.19. The third-order valence-electron chi connectivity index (χ3n) is 3.33. The van der Waals surface area contributed by atoms with E-state index in [0.717, 1.165) is 10.7 Å². The molecule has 1 aliphatic rings. The van der Waals surface area contributed by atoms with Crippen LogP contribution in [-0.2, 0) is 20.7 Å². The van der Waals surface area contributed by atoms with Crippen molar-refractivity contribution in [3.05, 3.63) is 16.1 Å². The third-order valence-corrected chi connectivity index (χ3v) is 4.16. The number of hydrogen-bond acceptors (Lipinski definition) is 5. The number of thiazole rings is 1. The van der Waals surface area contributed by atoms with Crippen LogP contribution in [0.2, 0.25) is 0 Å². The fourth-order valence-electron chi connectivity index (χ4n) is 2.24. The second-order valence-corrected chi connectivity index (χ2v) is 6.07. The van der Waals surface area contributed by atoms with E-state index in [9.17, 15) is 9.59 Å². The van der Waals surface area contributed by atoms with Gasteiger partial charge in [0.05, 0.1) is 30.3 Å². The maximum absolute atomic E-state index is 12.3. The number of ether oxygens (including phenoxy) is 1. The van der Waals surface area contributed by atoms with Crippen LogP contribution in [0, 0.1) is 6.92 Å². The van der Waals surface area contributed by atoms with Gasteiger partial charge in [-0.15, -0.1) is 11.3 Å². The SMILES string of the molecule is CNC(=O)[C@@]1(C)CN(C(=O)Cc2csc(C)n2)CCO1. The molecule has 2 heterocycles. The smallest absolute Gasteiger partial charge is 0.253 e. The van der Waals surface area contributed by atoms with Crippen molar-refractivity contribution < 1.29 is 14.3 Å². The normalized spacial score (nSPS) is 22.6. The van der Waals surface area contributed by atoms with Crippen molar-refractivity contribution in [1.29, 1.82) is 0 Å². The molecule has 0 bridgehead atoms. The zero-order chi connectivity index (χ0) is 14.8. The third kappa shape index (κ3) is 3.16. The standard InChI is InChI=1S/C13H19N3O3S/c1-9-15-10(7-20-9)6-11(17)16-4-5-19-13(2,8-16)12(18)14-3/h7H,4-6,8H2,1-3H3,(H,14,18)/t13-/m1/s1. The predicted octanol–water partition coefficient (Wildman–Crippen LogP) is 0.358. The maximum atomic E-state index is 12.3. The fraction of sp³-hybridized carbons (Fsp3) is 0.615. The molecular weight excluding hydrogens is 278 g/mol. The Bertz CT molecular complexity index is 517. The van der Waals surface area contributed by atoms with Gasteiger partial charge >= 0.3 is 0 Å². The minimum absolute atomic E-state index is 0.0197. The van der Waals surface area contributed by atoms with Crippen LogP contribution in [0.4, 0.5) is 0 Å². The Morgan fingerprint density at radius 1 is 1.60 bits per heavy atom. The summed E-state index contributed by atoms with van der Waals surface area (Å²) in [6.45, 7) is 4.77.